The molecular weight excluding hydrogens is 386 g/mol. The molecule has 8 heteroatoms. The van der Waals surface area contributed by atoms with Crippen molar-refractivity contribution in [2.75, 3.05) is 16.8 Å². The lowest BCUT2D eigenvalue weighted by Gasteiger charge is -2.27. The van der Waals surface area contributed by atoms with Crippen LogP contribution in [0.3, 0.4) is 0 Å². The largest absolute Gasteiger partial charge is 0.479 e. The van der Waals surface area contributed by atoms with Crippen LogP contribution in [0.15, 0.2) is 48.5 Å². The molecule has 0 saturated heterocycles. The summed E-state index contributed by atoms with van der Waals surface area (Å²) in [5.41, 5.74) is 1.56. The number of amides is 2. The number of esters is 1. The summed E-state index contributed by atoms with van der Waals surface area (Å²) in [5, 5.41) is 11.6. The molecule has 1 N–H and O–H groups in total. The second-order valence-corrected chi connectivity index (χ2v) is 6.89. The number of anilines is 2. The van der Waals surface area contributed by atoms with E-state index < -0.39 is 30.6 Å². The Balaban J connectivity index is 1.63. The number of ether oxygens (including phenoxy) is 2. The fourth-order valence-electron chi connectivity index (χ4n) is 3.15. The maximum atomic E-state index is 12.8. The first-order chi connectivity index (χ1) is 14.4. The second-order valence-electron chi connectivity index (χ2n) is 6.89. The van der Waals surface area contributed by atoms with Gasteiger partial charge in [-0.2, -0.15) is 5.26 Å². The van der Waals surface area contributed by atoms with Gasteiger partial charge in [-0.15, -0.1) is 0 Å². The lowest BCUT2D eigenvalue weighted by atomic mass is 10.1. The minimum Gasteiger partial charge on any atom is -0.479 e. The molecule has 154 valence electrons. The van der Waals surface area contributed by atoms with Gasteiger partial charge < -0.3 is 19.7 Å². The molecule has 2 aromatic carbocycles. The van der Waals surface area contributed by atoms with Gasteiger partial charge in [-0.25, -0.2) is 4.79 Å². The van der Waals surface area contributed by atoms with Gasteiger partial charge in [0, 0.05) is 12.5 Å². The first-order valence-corrected chi connectivity index (χ1v) is 9.43. The van der Waals surface area contributed by atoms with E-state index in [1.54, 1.807) is 55.5 Å². The lowest BCUT2D eigenvalue weighted by Crippen LogP contribution is -2.42. The molecule has 1 aliphatic rings. The van der Waals surface area contributed by atoms with E-state index >= 15 is 0 Å². The number of nitrogens with zero attached hydrogens (tertiary/aromatic N) is 2. The van der Waals surface area contributed by atoms with Crippen LogP contribution in [-0.2, 0) is 19.1 Å². The lowest BCUT2D eigenvalue weighted by molar-refractivity contribution is -0.154. The maximum absolute atomic E-state index is 12.8. The Bertz CT molecular complexity index is 997. The Morgan fingerprint density at radius 3 is 2.63 bits per heavy atom. The fraction of sp³-hybridized carbons (Fsp3) is 0.273. The highest BCUT2D eigenvalue weighted by Crippen LogP contribution is 2.31. The minimum absolute atomic E-state index is 0.132. The van der Waals surface area contributed by atoms with Crippen molar-refractivity contribution in [2.45, 2.75) is 32.4 Å². The molecule has 2 atom stereocenters. The van der Waals surface area contributed by atoms with Gasteiger partial charge in [0.05, 0.1) is 23.0 Å². The van der Waals surface area contributed by atoms with Crippen LogP contribution in [0.4, 0.5) is 11.4 Å². The number of nitriles is 1. The Morgan fingerprint density at radius 1 is 1.23 bits per heavy atom. The van der Waals surface area contributed by atoms with Crippen molar-refractivity contribution in [1.82, 2.24) is 0 Å². The summed E-state index contributed by atoms with van der Waals surface area (Å²) < 4.78 is 10.7. The van der Waals surface area contributed by atoms with Crippen molar-refractivity contribution < 1.29 is 23.9 Å². The van der Waals surface area contributed by atoms with Crippen LogP contribution in [0.5, 0.6) is 5.75 Å². The zero-order valence-corrected chi connectivity index (χ0v) is 16.6. The van der Waals surface area contributed by atoms with Crippen LogP contribution in [0, 0.1) is 11.3 Å². The maximum Gasteiger partial charge on any atom is 0.347 e. The summed E-state index contributed by atoms with van der Waals surface area (Å²) in [6.07, 6.45) is -0.810. The van der Waals surface area contributed by atoms with Crippen LogP contribution in [-0.4, -0.2) is 36.5 Å². The number of fused-ring (bicyclic) bond motifs is 1. The molecule has 2 amide bonds. The normalized spacial score (nSPS) is 16.4. The number of carbonyl (C=O) groups is 3. The van der Waals surface area contributed by atoms with Gasteiger partial charge >= 0.3 is 5.97 Å². The Labute approximate surface area is 174 Å². The van der Waals surface area contributed by atoms with Crippen molar-refractivity contribution in [2.24, 2.45) is 0 Å². The topological polar surface area (TPSA) is 109 Å². The van der Waals surface area contributed by atoms with Crippen LogP contribution in [0.25, 0.3) is 0 Å². The van der Waals surface area contributed by atoms with Gasteiger partial charge in [0.25, 0.3) is 5.91 Å². The first-order valence-electron chi connectivity index (χ1n) is 9.43. The highest BCUT2D eigenvalue weighted by Gasteiger charge is 2.30. The van der Waals surface area contributed by atoms with E-state index in [1.807, 2.05) is 6.07 Å². The number of hydrogen-bond acceptors (Lipinski definition) is 6. The molecule has 1 heterocycles. The van der Waals surface area contributed by atoms with Gasteiger partial charge in [-0.05, 0) is 50.2 Å². The van der Waals surface area contributed by atoms with Gasteiger partial charge in [0.15, 0.2) is 12.7 Å². The predicted octanol–water partition coefficient (Wildman–Crippen LogP) is 2.63. The molecule has 0 aromatic heterocycles. The van der Waals surface area contributed by atoms with E-state index in [-0.39, 0.29) is 12.3 Å². The van der Waals surface area contributed by atoms with Gasteiger partial charge in [0.2, 0.25) is 5.91 Å². The molecule has 1 aliphatic heterocycles. The van der Waals surface area contributed by atoms with Crippen LogP contribution < -0.4 is 15.0 Å². The van der Waals surface area contributed by atoms with Crippen molar-refractivity contribution in [3.63, 3.8) is 0 Å². The molecular formula is C22H21N3O5. The Hall–Kier alpha value is -3.86. The van der Waals surface area contributed by atoms with E-state index in [0.29, 0.717) is 22.7 Å². The number of hydrogen-bond donors (Lipinski definition) is 1. The smallest absolute Gasteiger partial charge is 0.347 e. The Morgan fingerprint density at radius 2 is 1.93 bits per heavy atom. The van der Waals surface area contributed by atoms with Crippen LogP contribution >= 0.6 is 0 Å². The molecule has 3 rings (SSSR count). The van der Waals surface area contributed by atoms with Crippen molar-refractivity contribution in [3.8, 4) is 11.8 Å². The SMILES string of the molecule is C[C@H](Oc1ccc(C#N)cc1)C(=O)OCC(=O)N1c2ccccc2NC(=O)C[C@H]1C. The summed E-state index contributed by atoms with van der Waals surface area (Å²) in [6, 6.07) is 14.9. The third kappa shape index (κ3) is 4.75. The third-order valence-corrected chi connectivity index (χ3v) is 4.59. The summed E-state index contributed by atoms with van der Waals surface area (Å²) in [5.74, 6) is -0.917. The third-order valence-electron chi connectivity index (χ3n) is 4.59. The van der Waals surface area contributed by atoms with E-state index in [9.17, 15) is 14.4 Å². The molecule has 2 aromatic rings. The van der Waals surface area contributed by atoms with Crippen molar-refractivity contribution in [3.05, 3.63) is 54.1 Å². The predicted molar refractivity (Wildman–Crippen MR) is 109 cm³/mol. The molecule has 0 aliphatic carbocycles. The number of benzene rings is 2. The van der Waals surface area contributed by atoms with Gasteiger partial charge in [-0.3, -0.25) is 9.59 Å². The summed E-state index contributed by atoms with van der Waals surface area (Å²) in [7, 11) is 0. The molecule has 8 nitrogen and oxygen atoms in total. The summed E-state index contributed by atoms with van der Waals surface area (Å²) in [4.78, 5) is 38.6. The van der Waals surface area contributed by atoms with Crippen molar-refractivity contribution in [1.29, 1.82) is 5.26 Å². The molecule has 0 spiro atoms. The van der Waals surface area contributed by atoms with Gasteiger partial charge in [0.1, 0.15) is 5.75 Å². The quantitative estimate of drug-likeness (QED) is 0.763. The van der Waals surface area contributed by atoms with E-state index in [2.05, 4.69) is 5.32 Å². The first kappa shape index (κ1) is 20.9. The van der Waals surface area contributed by atoms with Gasteiger partial charge in [-0.1, -0.05) is 12.1 Å². The molecule has 0 unspecified atom stereocenters. The monoisotopic (exact) mass is 407 g/mol. The zero-order chi connectivity index (χ0) is 21.7. The molecule has 0 fully saturated rings. The van der Waals surface area contributed by atoms with E-state index in [1.165, 1.54) is 11.8 Å². The zero-order valence-electron chi connectivity index (χ0n) is 16.6. The van der Waals surface area contributed by atoms with E-state index in [0.717, 1.165) is 0 Å². The standard InChI is InChI=1S/C22H21N3O5/c1-14-11-20(26)24-18-5-3-4-6-19(18)25(14)21(27)13-29-22(28)15(2)30-17-9-7-16(12-23)8-10-17/h3-10,14-15H,11,13H2,1-2H3,(H,24,26)/t14-,15+/m1/s1. The average molecular weight is 407 g/mol. The highest BCUT2D eigenvalue weighted by molar-refractivity contribution is 6.05. The Kier molecular flexibility index (Phi) is 6.32. The van der Waals surface area contributed by atoms with E-state index in [4.69, 9.17) is 14.7 Å². The summed E-state index contributed by atoms with van der Waals surface area (Å²) in [6.45, 7) is 2.79. The number of carbonyl (C=O) groups excluding carboxylic acids is 3. The molecule has 0 bridgehead atoms. The van der Waals surface area contributed by atoms with Crippen molar-refractivity contribution >= 4 is 29.2 Å². The average Bonchev–Trinajstić information content (AvgIpc) is 2.86. The minimum atomic E-state index is -0.942. The van der Waals surface area contributed by atoms with Crippen LogP contribution in [0.2, 0.25) is 0 Å². The fourth-order valence-corrected chi connectivity index (χ4v) is 3.15. The highest BCUT2D eigenvalue weighted by atomic mass is 16.6. The molecule has 0 radical (unpaired) electrons. The summed E-state index contributed by atoms with van der Waals surface area (Å²) >= 11 is 0. The molecule has 30 heavy (non-hydrogen) atoms. The number of para-hydroxylation sites is 2. The number of nitrogens with one attached hydrogen (secondary N) is 1. The second kappa shape index (κ2) is 9.09. The number of rotatable bonds is 5. The van der Waals surface area contributed by atoms with Crippen LogP contribution in [0.1, 0.15) is 25.8 Å². The molecule has 0 saturated carbocycles.